The van der Waals surface area contributed by atoms with Gasteiger partial charge in [-0.2, -0.15) is 4.31 Å². The molecule has 1 fully saturated rings. The Labute approximate surface area is 151 Å². The molecule has 3 heterocycles. The summed E-state index contributed by atoms with van der Waals surface area (Å²) in [4.78, 5) is 16.3. The Bertz CT molecular complexity index is 877. The fourth-order valence-corrected chi connectivity index (χ4v) is 5.86. The van der Waals surface area contributed by atoms with E-state index >= 15 is 0 Å². The van der Waals surface area contributed by atoms with Crippen LogP contribution in [0.15, 0.2) is 27.7 Å². The predicted molar refractivity (Wildman–Crippen MR) is 95.1 cm³/mol. The van der Waals surface area contributed by atoms with Crippen LogP contribution in [0, 0.1) is 13.8 Å². The van der Waals surface area contributed by atoms with Crippen molar-refractivity contribution in [2.24, 2.45) is 5.73 Å². The zero-order valence-electron chi connectivity index (χ0n) is 14.2. The van der Waals surface area contributed by atoms with Gasteiger partial charge < -0.3 is 15.1 Å². The molecule has 1 amide bonds. The van der Waals surface area contributed by atoms with Gasteiger partial charge >= 0.3 is 0 Å². The third kappa shape index (κ3) is 3.50. The average Bonchev–Trinajstić information content (AvgIpc) is 3.20. The van der Waals surface area contributed by atoms with Gasteiger partial charge in [-0.1, -0.05) is 0 Å². The summed E-state index contributed by atoms with van der Waals surface area (Å²) in [5, 5.41) is 0. The van der Waals surface area contributed by atoms with Crippen LogP contribution >= 0.6 is 11.3 Å². The van der Waals surface area contributed by atoms with Gasteiger partial charge in [-0.15, -0.1) is 11.3 Å². The summed E-state index contributed by atoms with van der Waals surface area (Å²) >= 11 is 1.48. The molecule has 3 rings (SSSR count). The standard InChI is InChI=1S/C16H21N3O4S2/c1-11-7-15(12(2)24-11)25(21,22)19-5-3-18(4-6-19)16(20)13-8-14(9-17)23-10-13/h7-8,10H,3-6,9,17H2,1-2H3. The number of carbonyl (C=O) groups is 1. The maximum absolute atomic E-state index is 12.8. The summed E-state index contributed by atoms with van der Waals surface area (Å²) in [6.07, 6.45) is 1.39. The van der Waals surface area contributed by atoms with Crippen molar-refractivity contribution in [3.63, 3.8) is 0 Å². The van der Waals surface area contributed by atoms with Crippen LogP contribution in [0.5, 0.6) is 0 Å². The average molecular weight is 383 g/mol. The van der Waals surface area contributed by atoms with E-state index in [0.29, 0.717) is 29.3 Å². The van der Waals surface area contributed by atoms with Gasteiger partial charge in [0.05, 0.1) is 17.0 Å². The highest BCUT2D eigenvalue weighted by molar-refractivity contribution is 7.89. The number of nitrogens with two attached hydrogens (primary N) is 1. The fraction of sp³-hybridized carbons (Fsp3) is 0.438. The van der Waals surface area contributed by atoms with Crippen LogP contribution < -0.4 is 5.73 Å². The summed E-state index contributed by atoms with van der Waals surface area (Å²) in [5.41, 5.74) is 5.93. The molecule has 1 aliphatic heterocycles. The second-order valence-electron chi connectivity index (χ2n) is 5.98. The molecule has 0 radical (unpaired) electrons. The third-order valence-electron chi connectivity index (χ3n) is 4.24. The van der Waals surface area contributed by atoms with E-state index in [1.165, 1.54) is 21.9 Å². The molecule has 25 heavy (non-hydrogen) atoms. The monoisotopic (exact) mass is 383 g/mol. The van der Waals surface area contributed by atoms with Crippen LogP contribution in [0.1, 0.15) is 25.9 Å². The highest BCUT2D eigenvalue weighted by Crippen LogP contribution is 2.28. The minimum Gasteiger partial charge on any atom is -0.467 e. The van der Waals surface area contributed by atoms with E-state index in [-0.39, 0.29) is 25.5 Å². The number of amides is 1. The molecule has 0 atom stereocenters. The van der Waals surface area contributed by atoms with E-state index in [2.05, 4.69) is 0 Å². The minimum absolute atomic E-state index is 0.164. The van der Waals surface area contributed by atoms with E-state index in [1.54, 1.807) is 17.0 Å². The third-order valence-corrected chi connectivity index (χ3v) is 7.36. The number of furan rings is 1. The minimum atomic E-state index is -3.51. The summed E-state index contributed by atoms with van der Waals surface area (Å²) in [6.45, 7) is 5.21. The first-order chi connectivity index (χ1) is 11.8. The van der Waals surface area contributed by atoms with E-state index in [4.69, 9.17) is 10.2 Å². The van der Waals surface area contributed by atoms with Crippen LogP contribution in [0.3, 0.4) is 0 Å². The highest BCUT2D eigenvalue weighted by atomic mass is 32.2. The van der Waals surface area contributed by atoms with Crippen molar-refractivity contribution >= 4 is 27.3 Å². The largest absolute Gasteiger partial charge is 0.467 e. The van der Waals surface area contributed by atoms with Gasteiger partial charge in [0.1, 0.15) is 12.0 Å². The summed E-state index contributed by atoms with van der Waals surface area (Å²) in [6, 6.07) is 3.34. The molecule has 0 bridgehead atoms. The Morgan fingerprint density at radius 1 is 1.24 bits per heavy atom. The number of rotatable bonds is 4. The molecule has 0 saturated carbocycles. The van der Waals surface area contributed by atoms with E-state index in [1.807, 2.05) is 13.8 Å². The van der Waals surface area contributed by atoms with Crippen molar-refractivity contribution in [3.05, 3.63) is 39.5 Å². The molecule has 0 unspecified atom stereocenters. The lowest BCUT2D eigenvalue weighted by molar-refractivity contribution is 0.0697. The van der Waals surface area contributed by atoms with E-state index in [9.17, 15) is 13.2 Å². The Morgan fingerprint density at radius 2 is 1.92 bits per heavy atom. The maximum atomic E-state index is 12.8. The number of aryl methyl sites for hydroxylation is 2. The molecule has 1 saturated heterocycles. The topological polar surface area (TPSA) is 96.9 Å². The zero-order valence-corrected chi connectivity index (χ0v) is 15.8. The number of hydrogen-bond donors (Lipinski definition) is 1. The first-order valence-corrected chi connectivity index (χ1v) is 10.2. The molecule has 0 aromatic carbocycles. The molecule has 0 aliphatic carbocycles. The second-order valence-corrected chi connectivity index (χ2v) is 9.35. The van der Waals surface area contributed by atoms with Crippen LogP contribution in [0.4, 0.5) is 0 Å². The quantitative estimate of drug-likeness (QED) is 0.864. The lowest BCUT2D eigenvalue weighted by atomic mass is 10.2. The molecular weight excluding hydrogens is 362 g/mol. The zero-order chi connectivity index (χ0) is 18.2. The van der Waals surface area contributed by atoms with Crippen LogP contribution in [0.25, 0.3) is 0 Å². The maximum Gasteiger partial charge on any atom is 0.257 e. The number of carbonyl (C=O) groups excluding carboxylic acids is 1. The number of hydrogen-bond acceptors (Lipinski definition) is 6. The van der Waals surface area contributed by atoms with Crippen molar-refractivity contribution in [2.75, 3.05) is 26.2 Å². The first kappa shape index (κ1) is 18.1. The predicted octanol–water partition coefficient (Wildman–Crippen LogP) is 1.56. The SMILES string of the molecule is Cc1cc(S(=O)(=O)N2CCN(C(=O)c3coc(CN)c3)CC2)c(C)s1. The van der Waals surface area contributed by atoms with Gasteiger partial charge in [-0.05, 0) is 26.0 Å². The van der Waals surface area contributed by atoms with E-state index < -0.39 is 10.0 Å². The molecule has 9 heteroatoms. The highest BCUT2D eigenvalue weighted by Gasteiger charge is 2.32. The van der Waals surface area contributed by atoms with Gasteiger partial charge in [0.25, 0.3) is 5.91 Å². The molecule has 2 aromatic rings. The Morgan fingerprint density at radius 3 is 2.44 bits per heavy atom. The number of piperazine rings is 1. The van der Waals surface area contributed by atoms with Gasteiger partial charge in [0.2, 0.25) is 10.0 Å². The van der Waals surface area contributed by atoms with Gasteiger partial charge in [0.15, 0.2) is 0 Å². The molecule has 136 valence electrons. The lowest BCUT2D eigenvalue weighted by Gasteiger charge is -2.33. The molecule has 7 nitrogen and oxygen atoms in total. The number of sulfonamides is 1. The van der Waals surface area contributed by atoms with Crippen LogP contribution in [-0.4, -0.2) is 49.7 Å². The van der Waals surface area contributed by atoms with Crippen molar-refractivity contribution in [1.82, 2.24) is 9.21 Å². The summed E-state index contributed by atoms with van der Waals surface area (Å²) in [5.74, 6) is 0.385. The van der Waals surface area contributed by atoms with Crippen LogP contribution in [0.2, 0.25) is 0 Å². The molecular formula is C16H21N3O4S2. The lowest BCUT2D eigenvalue weighted by Crippen LogP contribution is -2.50. The fourth-order valence-electron chi connectivity index (χ4n) is 2.92. The summed E-state index contributed by atoms with van der Waals surface area (Å²) < 4.78 is 32.3. The van der Waals surface area contributed by atoms with Crippen molar-refractivity contribution in [1.29, 1.82) is 0 Å². The Hall–Kier alpha value is -1.68. The van der Waals surface area contributed by atoms with Gasteiger partial charge in [-0.3, -0.25) is 4.79 Å². The van der Waals surface area contributed by atoms with Gasteiger partial charge in [0, 0.05) is 35.9 Å². The molecule has 1 aliphatic rings. The number of thiophene rings is 1. The first-order valence-electron chi connectivity index (χ1n) is 7.97. The number of nitrogens with zero attached hydrogens (tertiary/aromatic N) is 2. The normalized spacial score (nSPS) is 16.4. The van der Waals surface area contributed by atoms with E-state index in [0.717, 1.165) is 9.75 Å². The van der Waals surface area contributed by atoms with Crippen molar-refractivity contribution < 1.29 is 17.6 Å². The second kappa shape index (κ2) is 6.91. The Balaban J connectivity index is 1.69. The van der Waals surface area contributed by atoms with Crippen molar-refractivity contribution in [3.8, 4) is 0 Å². The molecule has 2 aromatic heterocycles. The van der Waals surface area contributed by atoms with Crippen LogP contribution in [-0.2, 0) is 16.6 Å². The Kier molecular flexibility index (Phi) is 5.01. The molecule has 0 spiro atoms. The van der Waals surface area contributed by atoms with Crippen molar-refractivity contribution in [2.45, 2.75) is 25.3 Å². The van der Waals surface area contributed by atoms with Gasteiger partial charge in [-0.25, -0.2) is 8.42 Å². The summed E-state index contributed by atoms with van der Waals surface area (Å²) in [7, 11) is -3.51. The molecule has 2 N–H and O–H groups in total. The smallest absolute Gasteiger partial charge is 0.257 e.